The van der Waals surface area contributed by atoms with Crippen LogP contribution in [0.4, 0.5) is 0 Å². The van der Waals surface area contributed by atoms with Crippen LogP contribution in [-0.2, 0) is 0 Å². The molecule has 2 unspecified atom stereocenters. The Kier molecular flexibility index (Phi) is 5.54. The summed E-state index contributed by atoms with van der Waals surface area (Å²) in [7, 11) is 2.15. The summed E-state index contributed by atoms with van der Waals surface area (Å²) in [4.78, 5) is 2.33. The molecular formula is C19H26N2. The summed E-state index contributed by atoms with van der Waals surface area (Å²) in [5, 5.41) is 0. The van der Waals surface area contributed by atoms with E-state index in [1.54, 1.807) is 0 Å². The van der Waals surface area contributed by atoms with Gasteiger partial charge in [-0.05, 0) is 37.1 Å². The van der Waals surface area contributed by atoms with Crippen molar-refractivity contribution in [2.45, 2.75) is 32.4 Å². The van der Waals surface area contributed by atoms with E-state index < -0.39 is 0 Å². The standard InChI is InChI=1S/C19H26N2/c1-4-15(2)21(3)14-19(20)18-12-10-17(11-13-18)16-8-6-5-7-9-16/h5-13,15,19H,4,14,20H2,1-3H3. The fourth-order valence-electron chi connectivity index (χ4n) is 2.46. The maximum atomic E-state index is 6.34. The van der Waals surface area contributed by atoms with Gasteiger partial charge in [0, 0.05) is 18.6 Å². The molecule has 0 radical (unpaired) electrons. The van der Waals surface area contributed by atoms with E-state index in [-0.39, 0.29) is 6.04 Å². The van der Waals surface area contributed by atoms with Gasteiger partial charge in [-0.25, -0.2) is 0 Å². The number of nitrogens with zero attached hydrogens (tertiary/aromatic N) is 1. The molecule has 0 aromatic heterocycles. The highest BCUT2D eigenvalue weighted by molar-refractivity contribution is 5.63. The van der Waals surface area contributed by atoms with Crippen molar-refractivity contribution >= 4 is 0 Å². The molecule has 0 amide bonds. The summed E-state index contributed by atoms with van der Waals surface area (Å²) < 4.78 is 0. The van der Waals surface area contributed by atoms with Crippen LogP contribution in [0.1, 0.15) is 31.9 Å². The van der Waals surface area contributed by atoms with Crippen LogP contribution in [0.5, 0.6) is 0 Å². The van der Waals surface area contributed by atoms with Gasteiger partial charge in [-0.2, -0.15) is 0 Å². The van der Waals surface area contributed by atoms with Crippen molar-refractivity contribution in [1.82, 2.24) is 4.90 Å². The summed E-state index contributed by atoms with van der Waals surface area (Å²) in [6, 6.07) is 19.7. The summed E-state index contributed by atoms with van der Waals surface area (Å²) in [6.45, 7) is 5.34. The molecule has 0 heterocycles. The lowest BCUT2D eigenvalue weighted by molar-refractivity contribution is 0.237. The van der Waals surface area contributed by atoms with Gasteiger partial charge >= 0.3 is 0 Å². The topological polar surface area (TPSA) is 29.3 Å². The Bertz CT molecular complexity index is 533. The minimum Gasteiger partial charge on any atom is -0.323 e. The van der Waals surface area contributed by atoms with E-state index in [4.69, 9.17) is 5.73 Å². The Morgan fingerprint density at radius 2 is 1.52 bits per heavy atom. The molecule has 112 valence electrons. The molecule has 21 heavy (non-hydrogen) atoms. The predicted molar refractivity (Wildman–Crippen MR) is 91.2 cm³/mol. The number of hydrogen-bond acceptors (Lipinski definition) is 2. The van der Waals surface area contributed by atoms with E-state index in [1.165, 1.54) is 16.7 Å². The number of benzene rings is 2. The first kappa shape index (κ1) is 15.7. The zero-order chi connectivity index (χ0) is 15.2. The molecule has 2 aromatic carbocycles. The molecule has 2 rings (SSSR count). The van der Waals surface area contributed by atoms with E-state index >= 15 is 0 Å². The quantitative estimate of drug-likeness (QED) is 0.865. The van der Waals surface area contributed by atoms with Crippen molar-refractivity contribution in [3.05, 3.63) is 60.2 Å². The molecular weight excluding hydrogens is 256 g/mol. The van der Waals surface area contributed by atoms with E-state index in [0.29, 0.717) is 6.04 Å². The average molecular weight is 282 g/mol. The molecule has 2 aromatic rings. The third-order valence-electron chi connectivity index (χ3n) is 4.27. The SMILES string of the molecule is CCC(C)N(C)CC(N)c1ccc(-c2ccccc2)cc1. The second-order valence-electron chi connectivity index (χ2n) is 5.79. The third kappa shape index (κ3) is 4.16. The fourth-order valence-corrected chi connectivity index (χ4v) is 2.46. The maximum absolute atomic E-state index is 6.34. The zero-order valence-corrected chi connectivity index (χ0v) is 13.3. The van der Waals surface area contributed by atoms with Crippen molar-refractivity contribution in [2.24, 2.45) is 5.73 Å². The number of likely N-dealkylation sites (N-methyl/N-ethyl adjacent to an activating group) is 1. The van der Waals surface area contributed by atoms with Gasteiger partial charge in [0.25, 0.3) is 0 Å². The normalized spacial score (nSPS) is 14.1. The Balaban J connectivity index is 2.05. The van der Waals surface area contributed by atoms with E-state index in [1.807, 2.05) is 6.07 Å². The second kappa shape index (κ2) is 7.39. The Labute approximate surface area is 128 Å². The molecule has 0 saturated heterocycles. The van der Waals surface area contributed by atoms with Gasteiger partial charge < -0.3 is 10.6 Å². The predicted octanol–water partition coefficient (Wildman–Crippen LogP) is 4.08. The van der Waals surface area contributed by atoms with Crippen molar-refractivity contribution in [1.29, 1.82) is 0 Å². The van der Waals surface area contributed by atoms with Crippen LogP contribution in [-0.4, -0.2) is 24.5 Å². The van der Waals surface area contributed by atoms with Crippen molar-refractivity contribution in [3.63, 3.8) is 0 Å². The molecule has 2 atom stereocenters. The van der Waals surface area contributed by atoms with E-state index in [9.17, 15) is 0 Å². The van der Waals surface area contributed by atoms with Crippen LogP contribution in [0.15, 0.2) is 54.6 Å². The Morgan fingerprint density at radius 3 is 2.10 bits per heavy atom. The molecule has 2 heteroatoms. The lowest BCUT2D eigenvalue weighted by atomic mass is 10.0. The first-order valence-electron chi connectivity index (χ1n) is 7.73. The molecule has 0 aliphatic rings. The molecule has 2 nitrogen and oxygen atoms in total. The van der Waals surface area contributed by atoms with E-state index in [2.05, 4.69) is 74.3 Å². The van der Waals surface area contributed by atoms with Gasteiger partial charge in [-0.3, -0.25) is 0 Å². The van der Waals surface area contributed by atoms with Crippen LogP contribution in [0.2, 0.25) is 0 Å². The van der Waals surface area contributed by atoms with E-state index in [0.717, 1.165) is 13.0 Å². The molecule has 0 aliphatic heterocycles. The van der Waals surface area contributed by atoms with Crippen LogP contribution in [0.3, 0.4) is 0 Å². The summed E-state index contributed by atoms with van der Waals surface area (Å²) in [5.41, 5.74) is 10.0. The van der Waals surface area contributed by atoms with Gasteiger partial charge in [0.05, 0.1) is 0 Å². The highest BCUT2D eigenvalue weighted by Gasteiger charge is 2.13. The lowest BCUT2D eigenvalue weighted by Gasteiger charge is -2.26. The Morgan fingerprint density at radius 1 is 0.952 bits per heavy atom. The third-order valence-corrected chi connectivity index (χ3v) is 4.27. The first-order valence-corrected chi connectivity index (χ1v) is 7.73. The average Bonchev–Trinajstić information content (AvgIpc) is 2.55. The van der Waals surface area contributed by atoms with Gasteiger partial charge in [0.1, 0.15) is 0 Å². The summed E-state index contributed by atoms with van der Waals surface area (Å²) >= 11 is 0. The van der Waals surface area contributed by atoms with Crippen molar-refractivity contribution in [2.75, 3.05) is 13.6 Å². The zero-order valence-electron chi connectivity index (χ0n) is 13.3. The molecule has 0 saturated carbocycles. The fraction of sp³-hybridized carbons (Fsp3) is 0.368. The van der Waals surface area contributed by atoms with Gasteiger partial charge in [-0.15, -0.1) is 0 Å². The highest BCUT2D eigenvalue weighted by atomic mass is 15.1. The minimum atomic E-state index is 0.0637. The minimum absolute atomic E-state index is 0.0637. The van der Waals surface area contributed by atoms with Crippen molar-refractivity contribution in [3.8, 4) is 11.1 Å². The second-order valence-corrected chi connectivity index (χ2v) is 5.79. The van der Waals surface area contributed by atoms with Crippen molar-refractivity contribution < 1.29 is 0 Å². The maximum Gasteiger partial charge on any atom is 0.0424 e. The summed E-state index contributed by atoms with van der Waals surface area (Å²) in [6.07, 6.45) is 1.15. The van der Waals surface area contributed by atoms with Crippen LogP contribution in [0, 0.1) is 0 Å². The number of rotatable bonds is 6. The monoisotopic (exact) mass is 282 g/mol. The summed E-state index contributed by atoms with van der Waals surface area (Å²) in [5.74, 6) is 0. The molecule has 0 aliphatic carbocycles. The Hall–Kier alpha value is -1.64. The molecule has 0 bridgehead atoms. The molecule has 0 fully saturated rings. The molecule has 0 spiro atoms. The molecule has 2 N–H and O–H groups in total. The first-order chi connectivity index (χ1) is 10.1. The highest BCUT2D eigenvalue weighted by Crippen LogP contribution is 2.21. The van der Waals surface area contributed by atoms with Crippen LogP contribution in [0.25, 0.3) is 11.1 Å². The van der Waals surface area contributed by atoms with Gasteiger partial charge in [0.15, 0.2) is 0 Å². The van der Waals surface area contributed by atoms with Gasteiger partial charge in [-0.1, -0.05) is 61.5 Å². The van der Waals surface area contributed by atoms with Crippen LogP contribution >= 0.6 is 0 Å². The number of nitrogens with two attached hydrogens (primary N) is 1. The van der Waals surface area contributed by atoms with Gasteiger partial charge in [0.2, 0.25) is 0 Å². The number of hydrogen-bond donors (Lipinski definition) is 1. The van der Waals surface area contributed by atoms with Crippen LogP contribution < -0.4 is 5.73 Å². The lowest BCUT2D eigenvalue weighted by Crippen LogP contribution is -2.35. The largest absolute Gasteiger partial charge is 0.323 e. The smallest absolute Gasteiger partial charge is 0.0424 e.